The van der Waals surface area contributed by atoms with Gasteiger partial charge >= 0.3 is 6.18 Å². The maximum Gasteiger partial charge on any atom is 0.416 e. The Labute approximate surface area is 148 Å². The molecule has 1 unspecified atom stereocenters. The minimum atomic E-state index is -4.26. The number of benzene rings is 1. The van der Waals surface area contributed by atoms with E-state index < -0.39 is 11.7 Å². The van der Waals surface area contributed by atoms with Crippen molar-refractivity contribution < 1.29 is 13.2 Å². The van der Waals surface area contributed by atoms with Gasteiger partial charge in [0.05, 0.1) is 5.56 Å². The van der Waals surface area contributed by atoms with Crippen LogP contribution in [0, 0.1) is 5.92 Å². The lowest BCUT2D eigenvalue weighted by Crippen LogP contribution is -2.46. The Morgan fingerprint density at radius 2 is 1.61 bits per heavy atom. The van der Waals surface area contributed by atoms with Crippen molar-refractivity contribution in [2.24, 2.45) is 5.92 Å². The first-order valence-corrected chi connectivity index (χ1v) is 7.55. The summed E-state index contributed by atoms with van der Waals surface area (Å²) in [4.78, 5) is 2.38. The van der Waals surface area contributed by atoms with Gasteiger partial charge in [0.25, 0.3) is 0 Å². The predicted octanol–water partition coefficient (Wildman–Crippen LogP) is 4.54. The molecule has 23 heavy (non-hydrogen) atoms. The molecule has 0 bridgehead atoms. The molecule has 2 atom stereocenters. The van der Waals surface area contributed by atoms with E-state index in [1.807, 2.05) is 0 Å². The van der Waals surface area contributed by atoms with E-state index in [4.69, 9.17) is 0 Å². The van der Waals surface area contributed by atoms with Crippen LogP contribution in [0.2, 0.25) is 0 Å². The predicted molar refractivity (Wildman–Crippen MR) is 92.6 cm³/mol. The molecule has 1 aliphatic rings. The van der Waals surface area contributed by atoms with Gasteiger partial charge in [0.15, 0.2) is 0 Å². The fraction of sp³-hybridized carbons (Fsp3) is 0.625. The summed E-state index contributed by atoms with van der Waals surface area (Å²) in [6.07, 6.45) is -3.25. The van der Waals surface area contributed by atoms with Crippen molar-refractivity contribution in [2.45, 2.75) is 32.5 Å². The lowest BCUT2D eigenvalue weighted by molar-refractivity contribution is -0.137. The second-order valence-electron chi connectivity index (χ2n) is 5.74. The molecule has 0 amide bonds. The summed E-state index contributed by atoms with van der Waals surface area (Å²) >= 11 is 0. The number of hydrogen-bond acceptors (Lipinski definition) is 2. The van der Waals surface area contributed by atoms with Crippen molar-refractivity contribution in [3.05, 3.63) is 35.4 Å². The first-order chi connectivity index (χ1) is 9.93. The fourth-order valence-corrected chi connectivity index (χ4v) is 2.95. The molecule has 0 aromatic heterocycles. The number of nitrogens with one attached hydrogen (secondary N) is 1. The van der Waals surface area contributed by atoms with Crippen molar-refractivity contribution in [3.63, 3.8) is 0 Å². The largest absolute Gasteiger partial charge is 0.416 e. The van der Waals surface area contributed by atoms with Crippen LogP contribution in [-0.4, -0.2) is 31.1 Å². The summed E-state index contributed by atoms with van der Waals surface area (Å²) in [6, 6.07) is 5.88. The van der Waals surface area contributed by atoms with E-state index in [9.17, 15) is 13.2 Å². The molecule has 1 aromatic carbocycles. The standard InChI is InChI=1S/C16H23F3N2.2ClH/c1-3-12(2)15(21-10-8-20-9-11-21)13-4-6-14(7-5-13)16(17,18)19;;/h4-7,12,15,20H,3,8-11H2,1-2H3;2*1H/t12?,15-;;/m1../s1. The molecule has 0 saturated carbocycles. The Balaban J connectivity index is 0.00000242. The molecule has 0 spiro atoms. The number of rotatable bonds is 4. The Morgan fingerprint density at radius 1 is 1.09 bits per heavy atom. The lowest BCUT2D eigenvalue weighted by atomic mass is 9.90. The maximum atomic E-state index is 12.7. The number of hydrogen-bond donors (Lipinski definition) is 1. The van der Waals surface area contributed by atoms with Crippen LogP contribution >= 0.6 is 24.8 Å². The van der Waals surface area contributed by atoms with Gasteiger partial charge in [-0.3, -0.25) is 4.90 Å². The first-order valence-electron chi connectivity index (χ1n) is 7.55. The Kier molecular flexibility index (Phi) is 9.51. The average Bonchev–Trinajstić information content (AvgIpc) is 2.48. The van der Waals surface area contributed by atoms with Crippen LogP contribution in [0.4, 0.5) is 13.2 Å². The van der Waals surface area contributed by atoms with Gasteiger partial charge in [-0.25, -0.2) is 0 Å². The van der Waals surface area contributed by atoms with Crippen molar-refractivity contribution >= 4 is 24.8 Å². The molecule has 1 N–H and O–H groups in total. The quantitative estimate of drug-likeness (QED) is 0.834. The smallest absolute Gasteiger partial charge is 0.314 e. The highest BCUT2D eigenvalue weighted by Crippen LogP contribution is 2.34. The molecule has 0 radical (unpaired) electrons. The Morgan fingerprint density at radius 3 is 2.04 bits per heavy atom. The molecular formula is C16H25Cl2F3N2. The number of halogens is 5. The third-order valence-corrected chi connectivity index (χ3v) is 4.31. The zero-order chi connectivity index (χ0) is 15.5. The van der Waals surface area contributed by atoms with Gasteiger partial charge in [0.2, 0.25) is 0 Å². The summed E-state index contributed by atoms with van der Waals surface area (Å²) < 4.78 is 38.0. The van der Waals surface area contributed by atoms with Crippen LogP contribution in [0.1, 0.15) is 37.4 Å². The first kappa shape index (κ1) is 22.5. The van der Waals surface area contributed by atoms with Crippen molar-refractivity contribution in [1.82, 2.24) is 10.2 Å². The van der Waals surface area contributed by atoms with Crippen LogP contribution in [0.15, 0.2) is 24.3 Å². The third kappa shape index (κ3) is 5.82. The van der Waals surface area contributed by atoms with E-state index in [1.165, 1.54) is 12.1 Å². The minimum absolute atomic E-state index is 0. The topological polar surface area (TPSA) is 15.3 Å². The summed E-state index contributed by atoms with van der Waals surface area (Å²) in [5, 5.41) is 3.32. The van der Waals surface area contributed by atoms with Crippen molar-refractivity contribution in [1.29, 1.82) is 0 Å². The van der Waals surface area contributed by atoms with E-state index in [0.717, 1.165) is 38.2 Å². The molecule has 2 nitrogen and oxygen atoms in total. The maximum absolute atomic E-state index is 12.7. The molecule has 1 saturated heterocycles. The van der Waals surface area contributed by atoms with Gasteiger partial charge in [0.1, 0.15) is 0 Å². The van der Waals surface area contributed by atoms with Gasteiger partial charge in [-0.1, -0.05) is 32.4 Å². The second-order valence-corrected chi connectivity index (χ2v) is 5.74. The van der Waals surface area contributed by atoms with Gasteiger partial charge < -0.3 is 5.32 Å². The summed E-state index contributed by atoms with van der Waals surface area (Å²) in [7, 11) is 0. The minimum Gasteiger partial charge on any atom is -0.314 e. The highest BCUT2D eigenvalue weighted by atomic mass is 35.5. The normalized spacial score (nSPS) is 18.5. The van der Waals surface area contributed by atoms with Crippen LogP contribution < -0.4 is 5.32 Å². The van der Waals surface area contributed by atoms with Gasteiger partial charge in [-0.2, -0.15) is 13.2 Å². The van der Waals surface area contributed by atoms with E-state index in [2.05, 4.69) is 24.1 Å². The molecule has 1 heterocycles. The van der Waals surface area contributed by atoms with Crippen molar-refractivity contribution in [3.8, 4) is 0 Å². The highest BCUT2D eigenvalue weighted by molar-refractivity contribution is 5.85. The molecule has 0 aliphatic carbocycles. The number of nitrogens with zero attached hydrogens (tertiary/aromatic N) is 1. The summed E-state index contributed by atoms with van der Waals surface area (Å²) in [5.74, 6) is 0.417. The summed E-state index contributed by atoms with van der Waals surface area (Å²) in [5.41, 5.74) is 0.411. The van der Waals surface area contributed by atoms with E-state index in [1.54, 1.807) is 12.1 Å². The van der Waals surface area contributed by atoms with Crippen molar-refractivity contribution in [2.75, 3.05) is 26.2 Å². The molecular weight excluding hydrogens is 348 g/mol. The monoisotopic (exact) mass is 372 g/mol. The van der Waals surface area contributed by atoms with Gasteiger partial charge in [0, 0.05) is 32.2 Å². The van der Waals surface area contributed by atoms with Crippen LogP contribution in [0.3, 0.4) is 0 Å². The fourth-order valence-electron chi connectivity index (χ4n) is 2.95. The molecule has 1 aromatic rings. The Bertz CT molecular complexity index is 446. The molecule has 1 aliphatic heterocycles. The molecule has 2 rings (SSSR count). The molecule has 1 fully saturated rings. The second kappa shape index (κ2) is 9.72. The van der Waals surface area contributed by atoms with Gasteiger partial charge in [-0.15, -0.1) is 24.8 Å². The average molecular weight is 373 g/mol. The van der Waals surface area contributed by atoms with Gasteiger partial charge in [-0.05, 0) is 23.6 Å². The summed E-state index contributed by atoms with van der Waals surface area (Å²) in [6.45, 7) is 8.06. The zero-order valence-electron chi connectivity index (χ0n) is 13.4. The molecule has 134 valence electrons. The number of alkyl halides is 3. The van der Waals surface area contributed by atoms with E-state index in [0.29, 0.717) is 5.92 Å². The third-order valence-electron chi connectivity index (χ3n) is 4.31. The zero-order valence-corrected chi connectivity index (χ0v) is 15.0. The van der Waals surface area contributed by atoms with E-state index in [-0.39, 0.29) is 30.9 Å². The SMILES string of the molecule is CCC(C)[C@H](c1ccc(C(F)(F)F)cc1)N1CCNCC1.Cl.Cl. The molecule has 7 heteroatoms. The number of piperazine rings is 1. The van der Waals surface area contributed by atoms with Crippen LogP contribution in [0.5, 0.6) is 0 Å². The highest BCUT2D eigenvalue weighted by Gasteiger charge is 2.31. The Hall–Kier alpha value is -0.490. The van der Waals surface area contributed by atoms with Crippen LogP contribution in [0.25, 0.3) is 0 Å². The van der Waals surface area contributed by atoms with Crippen LogP contribution in [-0.2, 0) is 6.18 Å². The van der Waals surface area contributed by atoms with E-state index >= 15 is 0 Å². The lowest BCUT2D eigenvalue weighted by Gasteiger charge is -2.38.